The lowest BCUT2D eigenvalue weighted by molar-refractivity contribution is 0.439. The Kier molecular flexibility index (Phi) is 5.69. The number of aromatic amines is 1. The summed E-state index contributed by atoms with van der Waals surface area (Å²) in [6.45, 7) is 2.08. The van der Waals surface area contributed by atoms with E-state index in [1.807, 2.05) is 18.2 Å². The van der Waals surface area contributed by atoms with Crippen LogP contribution >= 0.6 is 0 Å². The van der Waals surface area contributed by atoms with Crippen LogP contribution in [0.25, 0.3) is 44.0 Å². The van der Waals surface area contributed by atoms with Gasteiger partial charge in [-0.1, -0.05) is 23.3 Å². The number of pyridine rings is 2. The quantitative estimate of drug-likeness (QED) is 0.264. The van der Waals surface area contributed by atoms with Gasteiger partial charge in [-0.3, -0.25) is 9.78 Å². The predicted molar refractivity (Wildman–Crippen MR) is 143 cm³/mol. The average molecular weight is 531 g/mol. The Balaban J connectivity index is 1.67. The van der Waals surface area contributed by atoms with E-state index in [1.54, 1.807) is 18.3 Å². The lowest BCUT2D eigenvalue weighted by atomic mass is 9.94. The second-order valence-corrected chi connectivity index (χ2v) is 10.6. The van der Waals surface area contributed by atoms with Crippen molar-refractivity contribution in [3.05, 3.63) is 70.1 Å². The summed E-state index contributed by atoms with van der Waals surface area (Å²) in [4.78, 5) is 21.4. The number of unbranched alkanes of at least 4 members (excludes halogenated alkanes) is 1. The molecule has 1 aliphatic rings. The summed E-state index contributed by atoms with van der Waals surface area (Å²) < 4.78 is 41.9. The van der Waals surface area contributed by atoms with Crippen LogP contribution in [-0.4, -0.2) is 23.0 Å². The van der Waals surface area contributed by atoms with Crippen LogP contribution in [0.15, 0.2) is 53.6 Å². The van der Waals surface area contributed by atoms with Gasteiger partial charge in [-0.05, 0) is 67.1 Å². The molecule has 192 valence electrons. The molecule has 0 radical (unpaired) electrons. The Bertz CT molecular complexity index is 1970. The molecule has 6 rings (SSSR count). The molecule has 5 aromatic rings. The summed E-state index contributed by atoms with van der Waals surface area (Å²) in [5.41, 5.74) is 4.85. The van der Waals surface area contributed by atoms with Gasteiger partial charge in [-0.15, -0.1) is 0 Å². The van der Waals surface area contributed by atoms with Gasteiger partial charge in [0.2, 0.25) is 0 Å². The van der Waals surface area contributed by atoms with Gasteiger partial charge in [0.1, 0.15) is 5.65 Å². The highest BCUT2D eigenvalue weighted by atomic mass is 32.3. The molecular formula is C28H23FN4O4S. The average Bonchev–Trinajstić information content (AvgIpc) is 3.65. The summed E-state index contributed by atoms with van der Waals surface area (Å²) in [7, 11) is -5.20. The third-order valence-electron chi connectivity index (χ3n) is 7.03. The maximum atomic E-state index is 14.0. The largest absolute Gasteiger partial charge is 0.488 e. The zero-order valence-electron chi connectivity index (χ0n) is 20.5. The fraction of sp³-hybridized carbons (Fsp3) is 0.250. The second-order valence-electron chi connectivity index (χ2n) is 9.67. The summed E-state index contributed by atoms with van der Waals surface area (Å²) in [6, 6.07) is 12.9. The molecule has 1 N–H and O–H groups in total. The third kappa shape index (κ3) is 4.19. The predicted octanol–water partition coefficient (Wildman–Crippen LogP) is 5.84. The highest BCUT2D eigenvalue weighted by Crippen LogP contribution is 2.42. The van der Waals surface area contributed by atoms with Crippen molar-refractivity contribution in [1.29, 1.82) is 5.26 Å². The molecule has 0 bridgehead atoms. The highest BCUT2D eigenvalue weighted by molar-refractivity contribution is 7.81. The Morgan fingerprint density at radius 1 is 1.18 bits per heavy atom. The Hall–Kier alpha value is -4.23. The Morgan fingerprint density at radius 2 is 2.00 bits per heavy atom. The van der Waals surface area contributed by atoms with Gasteiger partial charge in [0.05, 0.1) is 28.7 Å². The number of nitrogens with one attached hydrogen (secondary N) is 1. The van der Waals surface area contributed by atoms with Gasteiger partial charge < -0.3 is 13.7 Å². The fourth-order valence-corrected chi connectivity index (χ4v) is 5.54. The Labute approximate surface area is 217 Å². The highest BCUT2D eigenvalue weighted by Gasteiger charge is 2.29. The van der Waals surface area contributed by atoms with Gasteiger partial charge >= 0.3 is 10.5 Å². The number of nitrogens with zero attached hydrogens (tertiary/aromatic N) is 3. The molecule has 0 atom stereocenters. The number of rotatable bonds is 7. The van der Waals surface area contributed by atoms with Crippen LogP contribution in [0, 0.1) is 11.3 Å². The van der Waals surface area contributed by atoms with Crippen LogP contribution in [0.3, 0.4) is 0 Å². The number of hydrogen-bond donors (Lipinski definition) is 1. The van der Waals surface area contributed by atoms with E-state index in [0.717, 1.165) is 59.4 Å². The van der Waals surface area contributed by atoms with Crippen molar-refractivity contribution < 1.29 is 16.5 Å². The maximum Gasteiger partial charge on any atom is 0.488 e. The number of fused-ring (bicyclic) bond motifs is 4. The van der Waals surface area contributed by atoms with Gasteiger partial charge in [0, 0.05) is 34.1 Å². The van der Waals surface area contributed by atoms with Crippen LogP contribution < -0.4 is 9.61 Å². The van der Waals surface area contributed by atoms with E-state index in [2.05, 4.69) is 31.7 Å². The van der Waals surface area contributed by atoms with Crippen molar-refractivity contribution >= 4 is 43.3 Å². The SMILES string of the molecule is CCCCc1cc2c(=O)c3c4ccc(C#N)cc4[nH]c3n(C3CC3)c2cc1-c1cncc(OS(=O)(=O)F)c1. The first kappa shape index (κ1) is 24.1. The second kappa shape index (κ2) is 8.96. The molecular weight excluding hydrogens is 507 g/mol. The van der Waals surface area contributed by atoms with E-state index in [9.17, 15) is 22.4 Å². The molecule has 10 heteroatoms. The first-order chi connectivity index (χ1) is 18.3. The maximum absolute atomic E-state index is 14.0. The number of benzene rings is 2. The molecule has 8 nitrogen and oxygen atoms in total. The summed E-state index contributed by atoms with van der Waals surface area (Å²) in [6.07, 6.45) is 7.15. The molecule has 3 aromatic heterocycles. The first-order valence-corrected chi connectivity index (χ1v) is 13.7. The standard InChI is InChI=1S/C28H23FN4O4S/c1-2-3-4-17-11-23-25(12-22(17)18-10-20(15-31-14-18)37-38(29,35)36)33(19-6-7-19)28-26(27(23)34)21-8-5-16(13-30)9-24(21)32-28/h5,8-12,14-15,19,32H,2-4,6-7H2,1H3. The lowest BCUT2D eigenvalue weighted by Crippen LogP contribution is -2.11. The van der Waals surface area contributed by atoms with Crippen molar-refractivity contribution in [3.8, 4) is 22.9 Å². The fourth-order valence-electron chi connectivity index (χ4n) is 5.21. The molecule has 0 unspecified atom stereocenters. The van der Waals surface area contributed by atoms with Crippen molar-refractivity contribution in [2.75, 3.05) is 0 Å². The number of H-pyrrole nitrogens is 1. The van der Waals surface area contributed by atoms with Gasteiger partial charge in [-0.2, -0.15) is 13.7 Å². The monoisotopic (exact) mass is 530 g/mol. The van der Waals surface area contributed by atoms with Gasteiger partial charge in [0.25, 0.3) is 0 Å². The van der Waals surface area contributed by atoms with E-state index < -0.39 is 10.5 Å². The molecule has 0 spiro atoms. The van der Waals surface area contributed by atoms with E-state index in [0.29, 0.717) is 34.0 Å². The summed E-state index contributed by atoms with van der Waals surface area (Å²) in [5.74, 6) is -0.231. The number of aryl methyl sites for hydroxylation is 1. The molecule has 0 amide bonds. The zero-order chi connectivity index (χ0) is 26.6. The molecule has 0 aliphatic heterocycles. The van der Waals surface area contributed by atoms with Crippen LogP contribution in [0.1, 0.15) is 49.8 Å². The first-order valence-electron chi connectivity index (χ1n) is 12.4. The number of nitriles is 1. The van der Waals surface area contributed by atoms with Crippen molar-refractivity contribution in [2.45, 2.75) is 45.1 Å². The minimum absolute atomic E-state index is 0.0918. The molecule has 1 aliphatic carbocycles. The van der Waals surface area contributed by atoms with Gasteiger partial charge in [-0.25, -0.2) is 0 Å². The van der Waals surface area contributed by atoms with E-state index in [1.165, 1.54) is 6.07 Å². The zero-order valence-corrected chi connectivity index (χ0v) is 21.3. The number of aromatic nitrogens is 3. The third-order valence-corrected chi connectivity index (χ3v) is 7.42. The van der Waals surface area contributed by atoms with Crippen molar-refractivity contribution in [1.82, 2.24) is 14.5 Å². The topological polar surface area (TPSA) is 118 Å². The molecule has 1 fully saturated rings. The van der Waals surface area contributed by atoms with Crippen molar-refractivity contribution in [3.63, 3.8) is 0 Å². The van der Waals surface area contributed by atoms with Crippen LogP contribution in [0.2, 0.25) is 0 Å². The van der Waals surface area contributed by atoms with Crippen LogP contribution in [0.5, 0.6) is 5.75 Å². The number of halogens is 1. The molecule has 38 heavy (non-hydrogen) atoms. The Morgan fingerprint density at radius 3 is 2.71 bits per heavy atom. The van der Waals surface area contributed by atoms with Crippen molar-refractivity contribution in [2.24, 2.45) is 0 Å². The molecule has 0 saturated heterocycles. The van der Waals surface area contributed by atoms with Crippen LogP contribution in [-0.2, 0) is 16.9 Å². The molecule has 2 aromatic carbocycles. The normalized spacial score (nSPS) is 13.8. The van der Waals surface area contributed by atoms with E-state index in [4.69, 9.17) is 0 Å². The smallest absolute Gasteiger partial charge is 0.357 e. The lowest BCUT2D eigenvalue weighted by Gasteiger charge is -2.17. The van der Waals surface area contributed by atoms with E-state index >= 15 is 0 Å². The van der Waals surface area contributed by atoms with E-state index in [-0.39, 0.29) is 17.2 Å². The minimum Gasteiger partial charge on any atom is -0.357 e. The van der Waals surface area contributed by atoms with Gasteiger partial charge in [0.15, 0.2) is 11.2 Å². The number of hydrogen-bond acceptors (Lipinski definition) is 6. The summed E-state index contributed by atoms with van der Waals surface area (Å²) in [5, 5.41) is 11.3. The van der Waals surface area contributed by atoms with Crippen LogP contribution in [0.4, 0.5) is 3.89 Å². The summed E-state index contributed by atoms with van der Waals surface area (Å²) >= 11 is 0. The molecule has 1 saturated carbocycles. The molecule has 3 heterocycles. The minimum atomic E-state index is -5.20.